The van der Waals surface area contributed by atoms with E-state index in [1.807, 2.05) is 42.5 Å². The van der Waals surface area contributed by atoms with Gasteiger partial charge in [-0.2, -0.15) is 5.26 Å². The highest BCUT2D eigenvalue weighted by atomic mass is 16.5. The van der Waals surface area contributed by atoms with E-state index in [0.717, 1.165) is 38.2 Å². The molecule has 0 radical (unpaired) electrons. The van der Waals surface area contributed by atoms with E-state index in [9.17, 15) is 10.1 Å². The van der Waals surface area contributed by atoms with Gasteiger partial charge in [-0.25, -0.2) is 9.97 Å². The second-order valence-electron chi connectivity index (χ2n) is 8.57. The summed E-state index contributed by atoms with van der Waals surface area (Å²) in [7, 11) is 0. The Balaban J connectivity index is 1.53. The topological polar surface area (TPSA) is 82.3 Å². The predicted octanol–water partition coefficient (Wildman–Crippen LogP) is 4.02. The number of nitriles is 1. The number of hydrogen-bond donors (Lipinski definition) is 0. The fourth-order valence-electron chi connectivity index (χ4n) is 4.00. The molecule has 34 heavy (non-hydrogen) atoms. The first kappa shape index (κ1) is 23.4. The van der Waals surface area contributed by atoms with Crippen molar-refractivity contribution in [2.45, 2.75) is 25.9 Å². The molecular formula is C27H29N5O2. The highest BCUT2D eigenvalue weighted by Crippen LogP contribution is 2.29. The Morgan fingerprint density at radius 1 is 1.03 bits per heavy atom. The summed E-state index contributed by atoms with van der Waals surface area (Å²) in [5.74, 6) is -1.13. The Morgan fingerprint density at radius 2 is 1.68 bits per heavy atom. The van der Waals surface area contributed by atoms with Crippen LogP contribution in [0.15, 0.2) is 60.7 Å². The van der Waals surface area contributed by atoms with Crippen molar-refractivity contribution in [2.75, 3.05) is 37.6 Å². The number of carbonyl (C=O) groups excluding carboxylic acids is 1. The summed E-state index contributed by atoms with van der Waals surface area (Å²) in [4.78, 5) is 26.7. The molecule has 1 aliphatic heterocycles. The number of aromatic nitrogens is 2. The van der Waals surface area contributed by atoms with Gasteiger partial charge in [0.25, 0.3) is 0 Å². The second kappa shape index (κ2) is 10.9. The third-order valence-electron chi connectivity index (χ3n) is 5.71. The first-order valence-corrected chi connectivity index (χ1v) is 11.6. The summed E-state index contributed by atoms with van der Waals surface area (Å²) in [6.07, 6.45) is 4.00. The number of ether oxygens (including phenoxy) is 1. The zero-order valence-corrected chi connectivity index (χ0v) is 19.6. The molecule has 2 aromatic carbocycles. The van der Waals surface area contributed by atoms with Crippen molar-refractivity contribution >= 4 is 28.9 Å². The molecule has 0 aliphatic carbocycles. The minimum atomic E-state index is -1.12. The number of benzene rings is 2. The monoisotopic (exact) mass is 455 g/mol. The van der Waals surface area contributed by atoms with Crippen LogP contribution in [0.2, 0.25) is 0 Å². The maximum atomic E-state index is 12.7. The number of para-hydroxylation sites is 2. The average Bonchev–Trinajstić information content (AvgIpc) is 2.85. The van der Waals surface area contributed by atoms with Crippen LogP contribution in [0.1, 0.15) is 31.0 Å². The van der Waals surface area contributed by atoms with Crippen LogP contribution >= 0.6 is 0 Å². The van der Waals surface area contributed by atoms with Gasteiger partial charge in [0.2, 0.25) is 0 Å². The number of carbonyl (C=O) groups is 1. The minimum absolute atomic E-state index is 0.312. The highest BCUT2D eigenvalue weighted by Gasteiger charge is 2.31. The Morgan fingerprint density at radius 3 is 2.32 bits per heavy atom. The normalized spacial score (nSPS) is 15.5. The van der Waals surface area contributed by atoms with Crippen LogP contribution in [0, 0.1) is 11.3 Å². The smallest absolute Gasteiger partial charge is 0.329 e. The lowest BCUT2D eigenvalue weighted by Crippen LogP contribution is -2.47. The minimum Gasteiger partial charge on any atom is -0.462 e. The average molecular weight is 456 g/mol. The predicted molar refractivity (Wildman–Crippen MR) is 133 cm³/mol. The Labute approximate surface area is 200 Å². The zero-order chi connectivity index (χ0) is 23.9. The van der Waals surface area contributed by atoms with Gasteiger partial charge in [-0.1, -0.05) is 54.6 Å². The summed E-state index contributed by atoms with van der Waals surface area (Å²) in [5.41, 5.74) is 2.95. The van der Waals surface area contributed by atoms with Crippen molar-refractivity contribution in [3.05, 3.63) is 71.9 Å². The van der Waals surface area contributed by atoms with Crippen LogP contribution < -0.4 is 4.90 Å². The fourth-order valence-corrected chi connectivity index (χ4v) is 4.00. The SMILES string of the molecule is CC(C)OC(=O)C(C#N)c1nc2ccccc2nc1N1CCN(CC=Cc2ccccc2)CC1. The molecule has 1 aromatic heterocycles. The van der Waals surface area contributed by atoms with Crippen molar-refractivity contribution in [1.82, 2.24) is 14.9 Å². The Kier molecular flexibility index (Phi) is 7.51. The van der Waals surface area contributed by atoms with Gasteiger partial charge in [0.1, 0.15) is 5.69 Å². The molecule has 1 saturated heterocycles. The van der Waals surface area contributed by atoms with Gasteiger partial charge in [0, 0.05) is 32.7 Å². The van der Waals surface area contributed by atoms with Gasteiger partial charge in [-0.3, -0.25) is 9.69 Å². The van der Waals surface area contributed by atoms with Crippen LogP contribution in [0.5, 0.6) is 0 Å². The van der Waals surface area contributed by atoms with E-state index in [1.54, 1.807) is 13.8 Å². The molecule has 0 N–H and O–H groups in total. The summed E-state index contributed by atoms with van der Waals surface area (Å²) in [6.45, 7) is 7.56. The van der Waals surface area contributed by atoms with Gasteiger partial charge >= 0.3 is 5.97 Å². The van der Waals surface area contributed by atoms with Crippen LogP contribution in [-0.4, -0.2) is 59.7 Å². The molecule has 1 unspecified atom stereocenters. The lowest BCUT2D eigenvalue weighted by Gasteiger charge is -2.35. The van der Waals surface area contributed by atoms with Crippen molar-refractivity contribution in [1.29, 1.82) is 5.26 Å². The van der Waals surface area contributed by atoms with E-state index in [0.29, 0.717) is 17.0 Å². The van der Waals surface area contributed by atoms with Crippen molar-refractivity contribution in [3.8, 4) is 6.07 Å². The lowest BCUT2D eigenvalue weighted by molar-refractivity contribution is -0.147. The molecule has 0 amide bonds. The molecule has 4 rings (SSSR count). The second-order valence-corrected chi connectivity index (χ2v) is 8.57. The van der Waals surface area contributed by atoms with Gasteiger partial charge in [-0.05, 0) is 31.5 Å². The molecule has 1 aliphatic rings. The number of esters is 1. The maximum absolute atomic E-state index is 12.7. The molecule has 174 valence electrons. The number of nitrogens with zero attached hydrogens (tertiary/aromatic N) is 5. The number of piperazine rings is 1. The van der Waals surface area contributed by atoms with Gasteiger partial charge < -0.3 is 9.64 Å². The van der Waals surface area contributed by atoms with Gasteiger partial charge in [0.15, 0.2) is 11.7 Å². The molecule has 0 saturated carbocycles. The van der Waals surface area contributed by atoms with Crippen molar-refractivity contribution in [3.63, 3.8) is 0 Å². The summed E-state index contributed by atoms with van der Waals surface area (Å²) >= 11 is 0. The van der Waals surface area contributed by atoms with Gasteiger partial charge in [-0.15, -0.1) is 0 Å². The highest BCUT2D eigenvalue weighted by molar-refractivity contribution is 5.85. The summed E-state index contributed by atoms with van der Waals surface area (Å²) < 4.78 is 5.35. The van der Waals surface area contributed by atoms with Crippen LogP contribution in [0.4, 0.5) is 5.82 Å². The van der Waals surface area contributed by atoms with E-state index in [4.69, 9.17) is 14.7 Å². The standard InChI is InChI=1S/C27H29N5O2/c1-20(2)34-27(33)22(19-28)25-26(30-24-13-7-6-12-23(24)29-25)32-17-15-31(16-18-32)14-8-11-21-9-4-3-5-10-21/h3-13,20,22H,14-18H2,1-2H3. The molecule has 7 heteroatoms. The number of fused-ring (bicyclic) bond motifs is 1. The van der Waals surface area contributed by atoms with Crippen LogP contribution in [-0.2, 0) is 9.53 Å². The molecule has 1 fully saturated rings. The van der Waals surface area contributed by atoms with Crippen LogP contribution in [0.25, 0.3) is 17.1 Å². The van der Waals surface area contributed by atoms with Crippen molar-refractivity contribution < 1.29 is 9.53 Å². The third-order valence-corrected chi connectivity index (χ3v) is 5.71. The zero-order valence-electron chi connectivity index (χ0n) is 19.6. The first-order valence-electron chi connectivity index (χ1n) is 11.6. The van der Waals surface area contributed by atoms with E-state index < -0.39 is 11.9 Å². The fraction of sp³-hybridized carbons (Fsp3) is 0.333. The molecule has 7 nitrogen and oxygen atoms in total. The van der Waals surface area contributed by atoms with Crippen LogP contribution in [0.3, 0.4) is 0 Å². The van der Waals surface area contributed by atoms with E-state index in [2.05, 4.69) is 40.2 Å². The van der Waals surface area contributed by atoms with E-state index in [-0.39, 0.29) is 6.10 Å². The first-order chi connectivity index (χ1) is 16.5. The molecular weight excluding hydrogens is 426 g/mol. The molecule has 0 bridgehead atoms. The summed E-state index contributed by atoms with van der Waals surface area (Å²) in [5, 5.41) is 9.84. The van der Waals surface area contributed by atoms with Crippen molar-refractivity contribution in [2.24, 2.45) is 0 Å². The summed E-state index contributed by atoms with van der Waals surface area (Å²) in [6, 6.07) is 19.9. The Bertz CT molecular complexity index is 1190. The van der Waals surface area contributed by atoms with Gasteiger partial charge in [0.05, 0.1) is 23.2 Å². The third kappa shape index (κ3) is 5.59. The molecule has 3 aromatic rings. The molecule has 0 spiro atoms. The Hall–Kier alpha value is -3.76. The molecule has 2 heterocycles. The van der Waals surface area contributed by atoms with E-state index >= 15 is 0 Å². The van der Waals surface area contributed by atoms with E-state index in [1.165, 1.54) is 5.56 Å². The largest absolute Gasteiger partial charge is 0.462 e. The quantitative estimate of drug-likeness (QED) is 0.498. The molecule has 1 atom stereocenters. The lowest BCUT2D eigenvalue weighted by atomic mass is 10.1. The maximum Gasteiger partial charge on any atom is 0.329 e. The number of anilines is 1. The number of rotatable bonds is 7. The number of hydrogen-bond acceptors (Lipinski definition) is 7.